The van der Waals surface area contributed by atoms with Crippen LogP contribution in [0.2, 0.25) is 0 Å². The van der Waals surface area contributed by atoms with Gasteiger partial charge in [0, 0.05) is 18.3 Å². The first-order valence-electron chi connectivity index (χ1n) is 6.22. The first-order valence-corrected chi connectivity index (χ1v) is 6.22. The minimum absolute atomic E-state index is 0.531. The van der Waals surface area contributed by atoms with E-state index in [1.807, 2.05) is 24.3 Å². The minimum Gasteiger partial charge on any atom is -0.385 e. The van der Waals surface area contributed by atoms with E-state index in [0.29, 0.717) is 0 Å². The summed E-state index contributed by atoms with van der Waals surface area (Å²) in [4.78, 5) is 10.8. The van der Waals surface area contributed by atoms with Crippen LogP contribution >= 0.6 is 0 Å². The Morgan fingerprint density at radius 3 is 2.61 bits per heavy atom. The number of hydrogen-bond acceptors (Lipinski definition) is 3. The Hall–Kier alpha value is -1.81. The van der Waals surface area contributed by atoms with Gasteiger partial charge in [0.05, 0.1) is 0 Å². The lowest BCUT2D eigenvalue weighted by atomic mass is 10.2. The number of nitrogens with one attached hydrogen (secondary N) is 2. The molecular weight excluding hydrogens is 228 g/mol. The van der Waals surface area contributed by atoms with Crippen molar-refractivity contribution in [2.24, 2.45) is 0 Å². The average molecular weight is 248 g/mol. The third-order valence-corrected chi connectivity index (χ3v) is 2.56. The fourth-order valence-corrected chi connectivity index (χ4v) is 1.53. The van der Waals surface area contributed by atoms with Crippen LogP contribution in [0.4, 0.5) is 5.69 Å². The Morgan fingerprint density at radius 2 is 2.00 bits per heavy atom. The van der Waals surface area contributed by atoms with Crippen LogP contribution in [0.15, 0.2) is 30.3 Å². The Morgan fingerprint density at radius 1 is 1.28 bits per heavy atom. The summed E-state index contributed by atoms with van der Waals surface area (Å²) >= 11 is 0. The van der Waals surface area contributed by atoms with Gasteiger partial charge in [-0.05, 0) is 30.2 Å². The summed E-state index contributed by atoms with van der Waals surface area (Å²) in [6.45, 7) is 3.17. The zero-order valence-corrected chi connectivity index (χ0v) is 10.6. The predicted molar refractivity (Wildman–Crippen MR) is 73.4 cm³/mol. The summed E-state index contributed by atoms with van der Waals surface area (Å²) in [5.41, 5.74) is 3.54. The molecule has 0 saturated carbocycles. The van der Waals surface area contributed by atoms with Gasteiger partial charge in [0.15, 0.2) is 0 Å². The molecular formula is C14H20N2O2. The highest BCUT2D eigenvalue weighted by atomic mass is 16.5. The van der Waals surface area contributed by atoms with Gasteiger partial charge in [-0.3, -0.25) is 10.0 Å². The average Bonchev–Trinajstić information content (AvgIpc) is 2.42. The van der Waals surface area contributed by atoms with Gasteiger partial charge in [-0.15, -0.1) is 0 Å². The van der Waals surface area contributed by atoms with Crippen molar-refractivity contribution in [1.82, 2.24) is 5.48 Å². The maximum absolute atomic E-state index is 10.8. The van der Waals surface area contributed by atoms with Crippen LogP contribution in [0, 0.1) is 0 Å². The molecule has 0 unspecified atom stereocenters. The maximum Gasteiger partial charge on any atom is 0.267 e. The van der Waals surface area contributed by atoms with Crippen molar-refractivity contribution in [2.45, 2.75) is 26.2 Å². The van der Waals surface area contributed by atoms with Crippen LogP contribution in [0.25, 0.3) is 6.08 Å². The number of benzene rings is 1. The number of hydrogen-bond donors (Lipinski definition) is 3. The van der Waals surface area contributed by atoms with Gasteiger partial charge >= 0.3 is 0 Å². The monoisotopic (exact) mass is 248 g/mol. The Balaban J connectivity index is 2.42. The van der Waals surface area contributed by atoms with Crippen molar-refractivity contribution in [1.29, 1.82) is 0 Å². The van der Waals surface area contributed by atoms with Crippen LogP contribution in [0.5, 0.6) is 0 Å². The van der Waals surface area contributed by atoms with Crippen LogP contribution in [0.1, 0.15) is 31.7 Å². The second-order valence-electron chi connectivity index (χ2n) is 4.07. The number of anilines is 1. The lowest BCUT2D eigenvalue weighted by Crippen LogP contribution is -2.14. The van der Waals surface area contributed by atoms with E-state index in [2.05, 4.69) is 12.2 Å². The summed E-state index contributed by atoms with van der Waals surface area (Å²) in [6, 6.07) is 7.79. The van der Waals surface area contributed by atoms with Gasteiger partial charge in [0.2, 0.25) is 0 Å². The van der Waals surface area contributed by atoms with E-state index in [9.17, 15) is 4.79 Å². The maximum atomic E-state index is 10.8. The van der Waals surface area contributed by atoms with Crippen LogP contribution in [-0.4, -0.2) is 17.7 Å². The third kappa shape index (κ3) is 5.50. The molecule has 4 nitrogen and oxygen atoms in total. The van der Waals surface area contributed by atoms with Gasteiger partial charge in [0.25, 0.3) is 5.91 Å². The number of rotatable bonds is 7. The highest BCUT2D eigenvalue weighted by Crippen LogP contribution is 2.11. The van der Waals surface area contributed by atoms with Crippen LogP contribution in [-0.2, 0) is 4.79 Å². The van der Waals surface area contributed by atoms with E-state index in [4.69, 9.17) is 5.21 Å². The Kier molecular flexibility index (Phi) is 6.58. The summed E-state index contributed by atoms with van der Waals surface area (Å²) in [5.74, 6) is -0.531. The lowest BCUT2D eigenvalue weighted by molar-refractivity contribution is -0.124. The first kappa shape index (κ1) is 14.3. The van der Waals surface area contributed by atoms with Crippen LogP contribution < -0.4 is 10.8 Å². The molecule has 1 rings (SSSR count). The molecule has 1 amide bonds. The summed E-state index contributed by atoms with van der Waals surface area (Å²) in [5, 5.41) is 11.7. The highest BCUT2D eigenvalue weighted by molar-refractivity contribution is 5.90. The zero-order valence-electron chi connectivity index (χ0n) is 10.6. The van der Waals surface area contributed by atoms with E-state index in [1.54, 1.807) is 11.6 Å². The third-order valence-electron chi connectivity index (χ3n) is 2.56. The van der Waals surface area contributed by atoms with Gasteiger partial charge < -0.3 is 5.32 Å². The fraction of sp³-hybridized carbons (Fsp3) is 0.357. The Labute approximate surface area is 108 Å². The standard InChI is InChI=1S/C14H20N2O2/c1-2-3-4-11-15-13-8-5-12(6-9-13)7-10-14(17)16-18/h5-10,15,18H,2-4,11H2,1H3,(H,16,17). The number of carbonyl (C=O) groups excluding carboxylic acids is 1. The van der Waals surface area contributed by atoms with E-state index in [1.165, 1.54) is 25.3 Å². The number of amides is 1. The van der Waals surface area contributed by atoms with Crippen molar-refractivity contribution in [2.75, 3.05) is 11.9 Å². The van der Waals surface area contributed by atoms with Gasteiger partial charge in [-0.25, -0.2) is 5.48 Å². The van der Waals surface area contributed by atoms with E-state index in [-0.39, 0.29) is 0 Å². The molecule has 0 aliphatic heterocycles. The molecule has 1 aromatic rings. The molecule has 18 heavy (non-hydrogen) atoms. The molecule has 98 valence electrons. The molecule has 0 saturated heterocycles. The van der Waals surface area contributed by atoms with Gasteiger partial charge in [-0.1, -0.05) is 31.9 Å². The quantitative estimate of drug-likeness (QED) is 0.301. The lowest BCUT2D eigenvalue weighted by Gasteiger charge is -2.05. The minimum atomic E-state index is -0.531. The summed E-state index contributed by atoms with van der Waals surface area (Å²) < 4.78 is 0. The van der Waals surface area contributed by atoms with Gasteiger partial charge in [0.1, 0.15) is 0 Å². The molecule has 3 N–H and O–H groups in total. The smallest absolute Gasteiger partial charge is 0.267 e. The van der Waals surface area contributed by atoms with Crippen molar-refractivity contribution in [3.63, 3.8) is 0 Å². The largest absolute Gasteiger partial charge is 0.385 e. The normalized spacial score (nSPS) is 10.6. The van der Waals surface area contributed by atoms with Crippen molar-refractivity contribution < 1.29 is 10.0 Å². The molecule has 0 fully saturated rings. The molecule has 0 spiro atoms. The fourth-order valence-electron chi connectivity index (χ4n) is 1.53. The predicted octanol–water partition coefficient (Wildman–Crippen LogP) is 2.81. The second-order valence-corrected chi connectivity index (χ2v) is 4.07. The summed E-state index contributed by atoms with van der Waals surface area (Å²) in [6.07, 6.45) is 6.56. The van der Waals surface area contributed by atoms with Crippen molar-refractivity contribution in [3.8, 4) is 0 Å². The molecule has 0 radical (unpaired) electrons. The molecule has 1 aromatic carbocycles. The zero-order chi connectivity index (χ0) is 13.2. The number of hydroxylamine groups is 1. The van der Waals surface area contributed by atoms with Crippen LogP contribution in [0.3, 0.4) is 0 Å². The molecule has 4 heteroatoms. The molecule has 0 heterocycles. The first-order chi connectivity index (χ1) is 8.76. The molecule has 0 aromatic heterocycles. The molecule has 0 aliphatic rings. The molecule has 0 atom stereocenters. The highest BCUT2D eigenvalue weighted by Gasteiger charge is 1.93. The van der Waals surface area contributed by atoms with E-state index >= 15 is 0 Å². The topological polar surface area (TPSA) is 61.4 Å². The Bertz CT molecular complexity index is 385. The van der Waals surface area contributed by atoms with Crippen molar-refractivity contribution in [3.05, 3.63) is 35.9 Å². The van der Waals surface area contributed by atoms with Crippen molar-refractivity contribution >= 4 is 17.7 Å². The number of carbonyl (C=O) groups is 1. The van der Waals surface area contributed by atoms with E-state index in [0.717, 1.165) is 17.8 Å². The SMILES string of the molecule is CCCCCNc1ccc(C=CC(=O)NO)cc1. The number of unbranched alkanes of at least 4 members (excludes halogenated alkanes) is 2. The molecule has 0 aliphatic carbocycles. The van der Waals surface area contributed by atoms with Gasteiger partial charge in [-0.2, -0.15) is 0 Å². The second kappa shape index (κ2) is 8.31. The summed E-state index contributed by atoms with van der Waals surface area (Å²) in [7, 11) is 0. The van der Waals surface area contributed by atoms with E-state index < -0.39 is 5.91 Å². The molecule has 0 bridgehead atoms.